The molecule has 2 fully saturated rings. The Labute approximate surface area is 194 Å². The average molecular weight is 480 g/mol. The normalized spacial score (nSPS) is 23.4. The van der Waals surface area contributed by atoms with Crippen LogP contribution in [0, 0.1) is 0 Å². The summed E-state index contributed by atoms with van der Waals surface area (Å²) >= 11 is 2.50. The van der Waals surface area contributed by atoms with Gasteiger partial charge in [-0.2, -0.15) is 5.10 Å². The van der Waals surface area contributed by atoms with Gasteiger partial charge >= 0.3 is 0 Å². The van der Waals surface area contributed by atoms with Crippen LogP contribution >= 0.6 is 23.3 Å². The fourth-order valence-electron chi connectivity index (χ4n) is 4.03. The summed E-state index contributed by atoms with van der Waals surface area (Å²) in [5, 5.41) is 13.2. The molecule has 2 aliphatic rings. The number of likely N-dealkylation sites (N-methyl/N-ethyl adjacent to an activating group) is 1. The van der Waals surface area contributed by atoms with Crippen LogP contribution in [0.5, 0.6) is 0 Å². The number of benzene rings is 1. The third-order valence-corrected chi connectivity index (χ3v) is 8.53. The van der Waals surface area contributed by atoms with Crippen molar-refractivity contribution < 1.29 is 8.78 Å². The quantitative estimate of drug-likeness (QED) is 0.523. The van der Waals surface area contributed by atoms with Gasteiger partial charge in [-0.25, -0.2) is 13.5 Å². The van der Waals surface area contributed by atoms with E-state index < -0.39 is 6.43 Å². The Morgan fingerprint density at radius 3 is 2.53 bits per heavy atom. The van der Waals surface area contributed by atoms with E-state index in [4.69, 9.17) is 0 Å². The SMILES string of the molecule is C[C@H]1CN(c2cc(SNC3(C)CC3)cc3c2cnn3-c2nnc(C(F)F)s2)C[C@H](C)N1C. The van der Waals surface area contributed by atoms with Gasteiger partial charge < -0.3 is 4.90 Å². The summed E-state index contributed by atoms with van der Waals surface area (Å²) in [4.78, 5) is 5.88. The molecule has 5 rings (SSSR count). The first-order valence-electron chi connectivity index (χ1n) is 10.8. The minimum Gasteiger partial charge on any atom is -0.368 e. The lowest BCUT2D eigenvalue weighted by molar-refractivity contribution is 0.150. The van der Waals surface area contributed by atoms with Crippen molar-refractivity contribution in [3.63, 3.8) is 0 Å². The minimum atomic E-state index is -2.64. The van der Waals surface area contributed by atoms with Gasteiger partial charge in [-0.1, -0.05) is 11.3 Å². The number of alkyl halides is 2. The highest BCUT2D eigenvalue weighted by Crippen LogP contribution is 2.40. The van der Waals surface area contributed by atoms with Crippen molar-refractivity contribution >= 4 is 39.9 Å². The number of hydrogen-bond acceptors (Lipinski definition) is 8. The molecule has 3 aromatic rings. The average Bonchev–Trinajstić information content (AvgIpc) is 3.15. The Bertz CT molecular complexity index is 1110. The van der Waals surface area contributed by atoms with Crippen LogP contribution in [0.1, 0.15) is 45.0 Å². The van der Waals surface area contributed by atoms with Gasteiger partial charge in [0.2, 0.25) is 5.13 Å². The number of hydrogen-bond donors (Lipinski definition) is 1. The Kier molecular flexibility index (Phi) is 5.63. The number of fused-ring (bicyclic) bond motifs is 1. The summed E-state index contributed by atoms with van der Waals surface area (Å²) in [6, 6.07) is 5.11. The number of nitrogens with zero attached hydrogens (tertiary/aromatic N) is 6. The maximum atomic E-state index is 13.1. The van der Waals surface area contributed by atoms with Crippen LogP contribution in [0.25, 0.3) is 16.0 Å². The standard InChI is InChI=1S/C21H27F2N7S2/c1-12-10-29(11-13(2)28(12)4)16-7-14(32-27-21(3)5-6-21)8-17-15(16)9-24-30(17)20-26-25-19(31-20)18(22)23/h7-9,12-13,18,27H,5-6,10-11H2,1-4H3/t12-,13-/m0/s1. The van der Waals surface area contributed by atoms with Crippen molar-refractivity contribution in [1.82, 2.24) is 29.6 Å². The Hall–Kier alpha value is -1.82. The number of rotatable bonds is 6. The highest BCUT2D eigenvalue weighted by molar-refractivity contribution is 7.97. The molecule has 0 amide bonds. The molecule has 172 valence electrons. The predicted octanol–water partition coefficient (Wildman–Crippen LogP) is 4.49. The Morgan fingerprint density at radius 2 is 1.91 bits per heavy atom. The van der Waals surface area contributed by atoms with E-state index in [1.54, 1.807) is 16.6 Å². The first-order chi connectivity index (χ1) is 15.2. The van der Waals surface area contributed by atoms with Gasteiger partial charge in [0, 0.05) is 46.7 Å². The molecular formula is C21H27F2N7S2. The van der Waals surface area contributed by atoms with E-state index in [2.05, 4.69) is 69.8 Å². The van der Waals surface area contributed by atoms with Crippen molar-refractivity contribution in [3.05, 3.63) is 23.3 Å². The topological polar surface area (TPSA) is 62.1 Å². The molecular weight excluding hydrogens is 452 g/mol. The lowest BCUT2D eigenvalue weighted by atomic mass is 10.1. The first-order valence-corrected chi connectivity index (χ1v) is 12.4. The molecule has 0 spiro atoms. The summed E-state index contributed by atoms with van der Waals surface area (Å²) < 4.78 is 31.4. The van der Waals surface area contributed by atoms with Crippen LogP contribution in [-0.4, -0.2) is 62.6 Å². The van der Waals surface area contributed by atoms with Crippen molar-refractivity contribution in [1.29, 1.82) is 0 Å². The molecule has 3 heterocycles. The maximum absolute atomic E-state index is 13.1. The van der Waals surface area contributed by atoms with E-state index in [0.29, 0.717) is 17.2 Å². The van der Waals surface area contributed by atoms with E-state index in [0.717, 1.165) is 45.9 Å². The minimum absolute atomic E-state index is 0.183. The zero-order valence-electron chi connectivity index (χ0n) is 18.5. The second-order valence-corrected chi connectivity index (χ2v) is 11.1. The number of halogens is 2. The van der Waals surface area contributed by atoms with Crippen molar-refractivity contribution in [2.24, 2.45) is 0 Å². The number of anilines is 1. The van der Waals surface area contributed by atoms with Crippen LogP contribution in [0.3, 0.4) is 0 Å². The molecule has 32 heavy (non-hydrogen) atoms. The zero-order valence-corrected chi connectivity index (χ0v) is 20.2. The smallest absolute Gasteiger partial charge is 0.291 e. The maximum Gasteiger partial charge on any atom is 0.291 e. The molecule has 0 radical (unpaired) electrons. The van der Waals surface area contributed by atoms with Crippen LogP contribution in [-0.2, 0) is 0 Å². The first kappa shape index (κ1) is 22.0. The second kappa shape index (κ2) is 8.19. The van der Waals surface area contributed by atoms with Gasteiger partial charge in [-0.05, 0) is 64.7 Å². The molecule has 2 atom stereocenters. The lowest BCUT2D eigenvalue weighted by Gasteiger charge is -2.43. The van der Waals surface area contributed by atoms with E-state index >= 15 is 0 Å². The van der Waals surface area contributed by atoms with E-state index in [9.17, 15) is 8.78 Å². The monoisotopic (exact) mass is 479 g/mol. The largest absolute Gasteiger partial charge is 0.368 e. The van der Waals surface area contributed by atoms with Crippen LogP contribution in [0.2, 0.25) is 0 Å². The highest BCUT2D eigenvalue weighted by Gasteiger charge is 2.37. The number of piperazine rings is 1. The summed E-state index contributed by atoms with van der Waals surface area (Å²) in [5.41, 5.74) is 2.15. The van der Waals surface area contributed by atoms with Gasteiger partial charge in [0.25, 0.3) is 6.43 Å². The van der Waals surface area contributed by atoms with Gasteiger partial charge in [-0.15, -0.1) is 10.2 Å². The third kappa shape index (κ3) is 4.11. The summed E-state index contributed by atoms with van der Waals surface area (Å²) in [6.07, 6.45) is 1.51. The molecule has 0 bridgehead atoms. The zero-order chi connectivity index (χ0) is 22.6. The Morgan fingerprint density at radius 1 is 1.19 bits per heavy atom. The van der Waals surface area contributed by atoms with E-state index in [-0.39, 0.29) is 10.5 Å². The van der Waals surface area contributed by atoms with Crippen LogP contribution in [0.4, 0.5) is 14.5 Å². The highest BCUT2D eigenvalue weighted by atomic mass is 32.2. The lowest BCUT2D eigenvalue weighted by Crippen LogP contribution is -2.55. The number of aromatic nitrogens is 4. The van der Waals surface area contributed by atoms with Crippen molar-refractivity contribution in [2.45, 2.75) is 62.6 Å². The fraction of sp³-hybridized carbons (Fsp3) is 0.571. The third-order valence-electron chi connectivity index (χ3n) is 6.55. The van der Waals surface area contributed by atoms with Crippen LogP contribution in [0.15, 0.2) is 23.2 Å². The molecule has 1 aliphatic carbocycles. The molecule has 1 aromatic carbocycles. The van der Waals surface area contributed by atoms with Gasteiger partial charge in [0.1, 0.15) is 0 Å². The van der Waals surface area contributed by atoms with E-state index in [1.807, 2.05) is 6.20 Å². The number of nitrogens with one attached hydrogen (secondary N) is 1. The van der Waals surface area contributed by atoms with E-state index in [1.165, 1.54) is 12.8 Å². The van der Waals surface area contributed by atoms with Gasteiger partial charge in [-0.3, -0.25) is 9.62 Å². The summed E-state index contributed by atoms with van der Waals surface area (Å²) in [7, 11) is 2.17. The Balaban J connectivity index is 1.57. The molecule has 1 saturated heterocycles. The summed E-state index contributed by atoms with van der Waals surface area (Å²) in [6.45, 7) is 8.53. The molecule has 11 heteroatoms. The molecule has 0 unspecified atom stereocenters. The van der Waals surface area contributed by atoms with Crippen molar-refractivity contribution in [3.8, 4) is 5.13 Å². The molecule has 1 saturated carbocycles. The molecule has 1 aliphatic heterocycles. The van der Waals surface area contributed by atoms with Crippen molar-refractivity contribution in [2.75, 3.05) is 25.0 Å². The fourth-order valence-corrected chi connectivity index (χ4v) is 5.61. The molecule has 2 aromatic heterocycles. The summed E-state index contributed by atoms with van der Waals surface area (Å²) in [5.74, 6) is 0. The van der Waals surface area contributed by atoms with Gasteiger partial charge in [0.15, 0.2) is 5.01 Å². The van der Waals surface area contributed by atoms with Gasteiger partial charge in [0.05, 0.1) is 11.7 Å². The molecule has 1 N–H and O–H groups in total. The predicted molar refractivity (Wildman–Crippen MR) is 125 cm³/mol. The molecule has 7 nitrogen and oxygen atoms in total. The second-order valence-electron chi connectivity index (χ2n) is 9.19. The van der Waals surface area contributed by atoms with Crippen LogP contribution < -0.4 is 9.62 Å².